The molecule has 0 aliphatic rings. The summed E-state index contributed by atoms with van der Waals surface area (Å²) in [5.74, 6) is -0.428. The SMILES string of the molecule is CCC[C@H](NC(=O)NCCCCn1cc(COCCOCOCCCC(=O)NCCOCCOCCCCCl)nn1)C(=O)O. The fourth-order valence-corrected chi connectivity index (χ4v) is 3.84. The number of amides is 3. The van der Waals surface area contributed by atoms with E-state index in [9.17, 15) is 14.4 Å². The molecule has 0 unspecified atom stereocenters. The first-order valence-electron chi connectivity index (χ1n) is 15.3. The fraction of sp³-hybridized carbons (Fsp3) is 0.821. The van der Waals surface area contributed by atoms with Crippen LogP contribution in [0, 0.1) is 0 Å². The first kappa shape index (κ1) is 39.5. The number of hydrogen-bond donors (Lipinski definition) is 4. The van der Waals surface area contributed by atoms with Gasteiger partial charge in [0, 0.05) is 45.1 Å². The van der Waals surface area contributed by atoms with Crippen molar-refractivity contribution in [1.29, 1.82) is 0 Å². The number of halogens is 1. The van der Waals surface area contributed by atoms with E-state index in [1.54, 1.807) is 10.9 Å². The number of carbonyl (C=O) groups excluding carboxylic acids is 2. The zero-order valence-corrected chi connectivity index (χ0v) is 26.7. The maximum absolute atomic E-state index is 11.8. The summed E-state index contributed by atoms with van der Waals surface area (Å²) in [5.41, 5.74) is 0.696. The minimum absolute atomic E-state index is 0.0442. The highest BCUT2D eigenvalue weighted by Gasteiger charge is 2.18. The number of aliphatic carboxylic acids is 1. The molecule has 0 bridgehead atoms. The van der Waals surface area contributed by atoms with Crippen molar-refractivity contribution in [3.63, 3.8) is 0 Å². The second kappa shape index (κ2) is 28.0. The van der Waals surface area contributed by atoms with Crippen LogP contribution in [0.5, 0.6) is 0 Å². The van der Waals surface area contributed by atoms with Gasteiger partial charge in [0.25, 0.3) is 0 Å². The Bertz CT molecular complexity index is 880. The molecule has 0 aromatic carbocycles. The molecule has 0 saturated heterocycles. The molecule has 0 spiro atoms. The molecule has 0 fully saturated rings. The number of unbranched alkanes of at least 4 members (excludes halogenated alkanes) is 2. The molecular formula is C28H51ClN6O9. The van der Waals surface area contributed by atoms with E-state index in [-0.39, 0.29) is 12.7 Å². The van der Waals surface area contributed by atoms with E-state index in [0.29, 0.717) is 116 Å². The van der Waals surface area contributed by atoms with Crippen LogP contribution in [-0.4, -0.2) is 116 Å². The second-order valence-electron chi connectivity index (χ2n) is 9.82. The molecule has 16 heteroatoms. The molecule has 1 aromatic heterocycles. The summed E-state index contributed by atoms with van der Waals surface area (Å²) in [5, 5.41) is 25.2. The predicted octanol–water partition coefficient (Wildman–Crippen LogP) is 2.07. The molecule has 0 aliphatic carbocycles. The average molecular weight is 651 g/mol. The first-order chi connectivity index (χ1) is 21.5. The smallest absolute Gasteiger partial charge is 0.326 e. The molecule has 254 valence electrons. The van der Waals surface area contributed by atoms with E-state index in [4.69, 9.17) is 40.4 Å². The number of aryl methyl sites for hydroxylation is 1. The number of carbonyl (C=O) groups is 3. The minimum atomic E-state index is -1.04. The summed E-state index contributed by atoms with van der Waals surface area (Å²) in [6.07, 6.45) is 7.19. The van der Waals surface area contributed by atoms with Crippen LogP contribution < -0.4 is 16.0 Å². The molecule has 1 heterocycles. The lowest BCUT2D eigenvalue weighted by Crippen LogP contribution is -2.46. The monoisotopic (exact) mass is 650 g/mol. The number of carboxylic acid groups (broad SMARTS) is 1. The maximum Gasteiger partial charge on any atom is 0.326 e. The van der Waals surface area contributed by atoms with Crippen molar-refractivity contribution in [3.05, 3.63) is 11.9 Å². The number of nitrogens with zero attached hydrogens (tertiary/aromatic N) is 3. The summed E-state index contributed by atoms with van der Waals surface area (Å²) in [6, 6.07) is -1.36. The number of alkyl halides is 1. The molecule has 0 saturated carbocycles. The number of hydrogen-bond acceptors (Lipinski definition) is 10. The summed E-state index contributed by atoms with van der Waals surface area (Å²) in [4.78, 5) is 34.8. The summed E-state index contributed by atoms with van der Waals surface area (Å²) < 4.78 is 28.8. The normalized spacial score (nSPS) is 11.8. The number of rotatable bonds is 30. The molecule has 15 nitrogen and oxygen atoms in total. The average Bonchev–Trinajstić information content (AvgIpc) is 3.46. The van der Waals surface area contributed by atoms with Gasteiger partial charge in [-0.1, -0.05) is 18.6 Å². The van der Waals surface area contributed by atoms with Crippen LogP contribution in [0.2, 0.25) is 0 Å². The van der Waals surface area contributed by atoms with E-state index in [0.717, 1.165) is 19.3 Å². The van der Waals surface area contributed by atoms with Crippen LogP contribution in [0.3, 0.4) is 0 Å². The van der Waals surface area contributed by atoms with E-state index in [1.807, 2.05) is 6.92 Å². The van der Waals surface area contributed by atoms with Gasteiger partial charge >= 0.3 is 12.0 Å². The Morgan fingerprint density at radius 3 is 2.39 bits per heavy atom. The highest BCUT2D eigenvalue weighted by atomic mass is 35.5. The lowest BCUT2D eigenvalue weighted by atomic mass is 10.2. The Kier molecular flexibility index (Phi) is 25.1. The van der Waals surface area contributed by atoms with Gasteiger partial charge in [-0.3, -0.25) is 9.48 Å². The molecular weight excluding hydrogens is 600 g/mol. The highest BCUT2D eigenvalue weighted by Crippen LogP contribution is 2.00. The van der Waals surface area contributed by atoms with Crippen molar-refractivity contribution < 1.29 is 43.2 Å². The van der Waals surface area contributed by atoms with Crippen molar-refractivity contribution >= 4 is 29.5 Å². The molecule has 44 heavy (non-hydrogen) atoms. The number of aromatic nitrogens is 3. The quantitative estimate of drug-likeness (QED) is 0.0543. The first-order valence-corrected chi connectivity index (χ1v) is 15.9. The summed E-state index contributed by atoms with van der Waals surface area (Å²) >= 11 is 5.60. The van der Waals surface area contributed by atoms with Crippen LogP contribution in [0.15, 0.2) is 6.20 Å². The van der Waals surface area contributed by atoms with Gasteiger partial charge in [0.1, 0.15) is 18.5 Å². The molecule has 1 aromatic rings. The molecule has 4 N–H and O–H groups in total. The predicted molar refractivity (Wildman–Crippen MR) is 162 cm³/mol. The third kappa shape index (κ3) is 22.9. The zero-order chi connectivity index (χ0) is 32.1. The molecule has 1 atom stereocenters. The van der Waals surface area contributed by atoms with Crippen LogP contribution in [-0.2, 0) is 46.4 Å². The zero-order valence-electron chi connectivity index (χ0n) is 25.9. The largest absolute Gasteiger partial charge is 0.480 e. The van der Waals surface area contributed by atoms with E-state index in [1.165, 1.54) is 0 Å². The van der Waals surface area contributed by atoms with Gasteiger partial charge in [-0.05, 0) is 38.5 Å². The van der Waals surface area contributed by atoms with Crippen molar-refractivity contribution in [1.82, 2.24) is 30.9 Å². The van der Waals surface area contributed by atoms with Crippen molar-refractivity contribution in [2.45, 2.75) is 77.5 Å². The minimum Gasteiger partial charge on any atom is -0.480 e. The number of urea groups is 1. The lowest BCUT2D eigenvalue weighted by Gasteiger charge is -2.14. The Morgan fingerprint density at radius 1 is 0.886 bits per heavy atom. The number of nitrogens with one attached hydrogen (secondary N) is 3. The summed E-state index contributed by atoms with van der Waals surface area (Å²) in [7, 11) is 0. The van der Waals surface area contributed by atoms with Crippen molar-refractivity contribution in [2.24, 2.45) is 0 Å². The third-order valence-corrected chi connectivity index (χ3v) is 6.23. The molecule has 1 rings (SSSR count). The highest BCUT2D eigenvalue weighted by molar-refractivity contribution is 6.17. The Labute approximate surface area is 265 Å². The molecule has 3 amide bonds. The van der Waals surface area contributed by atoms with Gasteiger partial charge in [-0.2, -0.15) is 0 Å². The van der Waals surface area contributed by atoms with Crippen LogP contribution >= 0.6 is 11.6 Å². The standard InChI is InChI=1S/C28H51ClN6O9/c1-2-8-25(27(37)38)32-28(39)31-11-4-5-13-35-21-24(33-34-35)22-42-19-20-44-23-43-15-7-9-26(36)30-12-16-41-18-17-40-14-6-3-10-29/h21,25H,2-20,22-23H2,1H3,(H,30,36)(H,37,38)(H2,31,32,39)/t25-/m0/s1. The summed E-state index contributed by atoms with van der Waals surface area (Å²) in [6.45, 7) is 7.13. The van der Waals surface area contributed by atoms with E-state index in [2.05, 4.69) is 26.3 Å². The second-order valence-corrected chi connectivity index (χ2v) is 10.2. The Hall–Kier alpha value is -2.56. The van der Waals surface area contributed by atoms with Gasteiger partial charge in [-0.25, -0.2) is 9.59 Å². The van der Waals surface area contributed by atoms with Gasteiger partial charge in [0.05, 0.1) is 45.8 Å². The fourth-order valence-electron chi connectivity index (χ4n) is 3.65. The Morgan fingerprint density at radius 2 is 1.61 bits per heavy atom. The van der Waals surface area contributed by atoms with E-state index >= 15 is 0 Å². The van der Waals surface area contributed by atoms with Crippen LogP contribution in [0.25, 0.3) is 0 Å². The van der Waals surface area contributed by atoms with Gasteiger partial charge in [-0.15, -0.1) is 16.7 Å². The van der Waals surface area contributed by atoms with Crippen LogP contribution in [0.1, 0.15) is 64.0 Å². The van der Waals surface area contributed by atoms with Crippen LogP contribution in [0.4, 0.5) is 4.79 Å². The van der Waals surface area contributed by atoms with Gasteiger partial charge in [0.2, 0.25) is 5.91 Å². The van der Waals surface area contributed by atoms with Crippen molar-refractivity contribution in [2.75, 3.05) is 72.0 Å². The van der Waals surface area contributed by atoms with Crippen molar-refractivity contribution in [3.8, 4) is 0 Å². The van der Waals surface area contributed by atoms with Gasteiger partial charge in [0.15, 0.2) is 0 Å². The molecule has 0 aliphatic heterocycles. The lowest BCUT2D eigenvalue weighted by molar-refractivity contribution is -0.139. The Balaban J connectivity index is 1.90. The number of carboxylic acids is 1. The molecule has 0 radical (unpaired) electrons. The van der Waals surface area contributed by atoms with E-state index < -0.39 is 18.0 Å². The topological polar surface area (TPSA) is 184 Å². The number of ether oxygens (including phenoxy) is 5. The maximum atomic E-state index is 11.8. The third-order valence-electron chi connectivity index (χ3n) is 5.96. The van der Waals surface area contributed by atoms with Gasteiger partial charge < -0.3 is 44.7 Å².